The average molecular weight is 396 g/mol. The van der Waals surface area contributed by atoms with E-state index in [-0.39, 0.29) is 10.6 Å². The van der Waals surface area contributed by atoms with Gasteiger partial charge < -0.3 is 9.64 Å². The van der Waals surface area contributed by atoms with Gasteiger partial charge in [-0.2, -0.15) is 0 Å². The van der Waals surface area contributed by atoms with Crippen LogP contribution in [0.5, 0.6) is 5.75 Å². The summed E-state index contributed by atoms with van der Waals surface area (Å²) < 4.78 is 6.46. The Morgan fingerprint density at radius 2 is 2.00 bits per heavy atom. The smallest absolute Gasteiger partial charge is 0.270 e. The number of ether oxygens (including phenoxy) is 1. The highest BCUT2D eigenvalue weighted by Gasteiger charge is 2.21. The van der Waals surface area contributed by atoms with Crippen molar-refractivity contribution in [1.29, 1.82) is 0 Å². The Morgan fingerprint density at radius 3 is 2.82 bits per heavy atom. The molecule has 28 heavy (non-hydrogen) atoms. The lowest BCUT2D eigenvalue weighted by Crippen LogP contribution is -2.45. The highest BCUT2D eigenvalue weighted by Crippen LogP contribution is 2.32. The summed E-state index contributed by atoms with van der Waals surface area (Å²) >= 11 is 1.53. The number of nitro groups is 1. The fraction of sp³-hybridized carbons (Fsp3) is 0.350. The van der Waals surface area contributed by atoms with E-state index in [4.69, 9.17) is 4.74 Å². The number of piperazine rings is 1. The third-order valence-electron chi connectivity index (χ3n) is 5.37. The molecular weight excluding hydrogens is 376 g/mol. The van der Waals surface area contributed by atoms with E-state index in [1.54, 1.807) is 12.1 Å². The molecule has 0 bridgehead atoms. The van der Waals surface area contributed by atoms with Gasteiger partial charge in [0.25, 0.3) is 5.69 Å². The van der Waals surface area contributed by atoms with Crippen LogP contribution in [0.3, 0.4) is 0 Å². The molecule has 8 heteroatoms. The van der Waals surface area contributed by atoms with Gasteiger partial charge in [0.05, 0.1) is 21.7 Å². The van der Waals surface area contributed by atoms with Gasteiger partial charge in [-0.3, -0.25) is 15.0 Å². The van der Waals surface area contributed by atoms with Crippen molar-refractivity contribution in [3.8, 4) is 5.75 Å². The van der Waals surface area contributed by atoms with Crippen LogP contribution in [0, 0.1) is 10.1 Å². The molecule has 1 saturated heterocycles. The molecule has 7 nitrogen and oxygen atoms in total. The minimum atomic E-state index is -0.358. The summed E-state index contributed by atoms with van der Waals surface area (Å²) in [6.45, 7) is 5.52. The summed E-state index contributed by atoms with van der Waals surface area (Å²) in [7, 11) is 0. The molecule has 144 valence electrons. The van der Waals surface area contributed by atoms with Crippen LogP contribution in [0.25, 0.3) is 10.2 Å². The van der Waals surface area contributed by atoms with Gasteiger partial charge in [0, 0.05) is 51.3 Å². The lowest BCUT2D eigenvalue weighted by atomic mass is 10.1. The van der Waals surface area contributed by atoms with Gasteiger partial charge >= 0.3 is 0 Å². The van der Waals surface area contributed by atoms with Crippen LogP contribution in [0.2, 0.25) is 0 Å². The third-order valence-corrected chi connectivity index (χ3v) is 6.45. The Labute approximate surface area is 166 Å². The van der Waals surface area contributed by atoms with Crippen molar-refractivity contribution in [3.63, 3.8) is 0 Å². The van der Waals surface area contributed by atoms with Gasteiger partial charge in [-0.05, 0) is 23.3 Å². The quantitative estimate of drug-likeness (QED) is 0.497. The number of nitro benzene ring substituents is 1. The Morgan fingerprint density at radius 1 is 1.14 bits per heavy atom. The highest BCUT2D eigenvalue weighted by atomic mass is 32.1. The molecule has 3 aromatic rings. The molecule has 0 amide bonds. The van der Waals surface area contributed by atoms with Crippen LogP contribution >= 0.6 is 11.3 Å². The van der Waals surface area contributed by atoms with Gasteiger partial charge in [0.2, 0.25) is 0 Å². The van der Waals surface area contributed by atoms with Crippen molar-refractivity contribution in [3.05, 3.63) is 57.6 Å². The first-order chi connectivity index (χ1) is 13.7. The zero-order valence-electron chi connectivity index (χ0n) is 15.3. The molecule has 1 fully saturated rings. The monoisotopic (exact) mass is 396 g/mol. The van der Waals surface area contributed by atoms with Gasteiger partial charge in [0.15, 0.2) is 5.13 Å². The molecule has 0 aliphatic carbocycles. The molecule has 3 heterocycles. The van der Waals surface area contributed by atoms with Gasteiger partial charge in [-0.25, -0.2) is 4.98 Å². The summed E-state index contributed by atoms with van der Waals surface area (Å²) in [5.74, 6) is 1.03. The maximum Gasteiger partial charge on any atom is 0.270 e. The first-order valence-corrected chi connectivity index (χ1v) is 10.2. The molecule has 2 aliphatic rings. The molecule has 2 aliphatic heterocycles. The summed E-state index contributed by atoms with van der Waals surface area (Å²) in [5.41, 5.74) is 3.60. The van der Waals surface area contributed by atoms with Gasteiger partial charge in [0.1, 0.15) is 5.75 Å². The highest BCUT2D eigenvalue weighted by molar-refractivity contribution is 7.22. The fourth-order valence-electron chi connectivity index (χ4n) is 3.84. The fourth-order valence-corrected chi connectivity index (χ4v) is 4.89. The van der Waals surface area contributed by atoms with E-state index in [2.05, 4.69) is 33.0 Å². The number of non-ortho nitro benzene ring substituents is 1. The third kappa shape index (κ3) is 3.29. The normalized spacial score (nSPS) is 16.9. The van der Waals surface area contributed by atoms with Crippen molar-refractivity contribution in [2.75, 3.05) is 37.7 Å². The van der Waals surface area contributed by atoms with Crippen LogP contribution < -0.4 is 9.64 Å². The second-order valence-corrected chi connectivity index (χ2v) is 8.22. The Bertz CT molecular complexity index is 1040. The van der Waals surface area contributed by atoms with E-state index in [0.717, 1.165) is 66.8 Å². The van der Waals surface area contributed by atoms with E-state index in [1.165, 1.54) is 28.5 Å². The molecule has 0 saturated carbocycles. The van der Waals surface area contributed by atoms with Crippen LogP contribution in [0.15, 0.2) is 36.4 Å². The molecule has 0 atom stereocenters. The molecule has 0 spiro atoms. The van der Waals surface area contributed by atoms with Crippen LogP contribution in [-0.4, -0.2) is 47.6 Å². The molecule has 0 unspecified atom stereocenters. The topological polar surface area (TPSA) is 71.7 Å². The minimum Gasteiger partial charge on any atom is -0.493 e. The largest absolute Gasteiger partial charge is 0.493 e. The van der Waals surface area contributed by atoms with Crippen molar-refractivity contribution in [2.45, 2.75) is 13.0 Å². The number of fused-ring (bicyclic) bond motifs is 2. The van der Waals surface area contributed by atoms with Crippen molar-refractivity contribution in [2.24, 2.45) is 0 Å². The summed E-state index contributed by atoms with van der Waals surface area (Å²) in [5, 5.41) is 11.9. The zero-order chi connectivity index (χ0) is 19.1. The number of thiazole rings is 1. The lowest BCUT2D eigenvalue weighted by molar-refractivity contribution is -0.384. The van der Waals surface area contributed by atoms with E-state index in [1.807, 2.05) is 0 Å². The maximum absolute atomic E-state index is 11.0. The van der Waals surface area contributed by atoms with E-state index in [9.17, 15) is 10.1 Å². The number of anilines is 1. The second-order valence-electron chi connectivity index (χ2n) is 7.21. The average Bonchev–Trinajstić information content (AvgIpc) is 3.34. The molecule has 1 aromatic heterocycles. The number of nitrogens with zero attached hydrogens (tertiary/aromatic N) is 4. The van der Waals surface area contributed by atoms with E-state index < -0.39 is 0 Å². The molecule has 2 aromatic carbocycles. The lowest BCUT2D eigenvalue weighted by Gasteiger charge is -2.34. The van der Waals surface area contributed by atoms with Gasteiger partial charge in [-0.15, -0.1) is 0 Å². The predicted molar refractivity (Wildman–Crippen MR) is 109 cm³/mol. The number of benzene rings is 2. The number of aromatic nitrogens is 1. The number of rotatable bonds is 4. The first-order valence-electron chi connectivity index (χ1n) is 9.42. The second kappa shape index (κ2) is 7.03. The number of hydrogen-bond donors (Lipinski definition) is 0. The Hall–Kier alpha value is -2.71. The summed E-state index contributed by atoms with van der Waals surface area (Å²) in [6, 6.07) is 11.4. The zero-order valence-corrected chi connectivity index (χ0v) is 16.2. The van der Waals surface area contributed by atoms with Crippen LogP contribution in [0.4, 0.5) is 10.8 Å². The Kier molecular flexibility index (Phi) is 4.37. The van der Waals surface area contributed by atoms with Crippen molar-refractivity contribution < 1.29 is 9.66 Å². The van der Waals surface area contributed by atoms with Crippen LogP contribution in [-0.2, 0) is 13.0 Å². The summed E-state index contributed by atoms with van der Waals surface area (Å²) in [6.07, 6.45) is 1.01. The van der Waals surface area contributed by atoms with Gasteiger partial charge in [-0.1, -0.05) is 23.5 Å². The molecular formula is C20H20N4O3S. The minimum absolute atomic E-state index is 0.118. The van der Waals surface area contributed by atoms with Crippen molar-refractivity contribution in [1.82, 2.24) is 9.88 Å². The predicted octanol–water partition coefficient (Wildman–Crippen LogP) is 3.46. The molecule has 0 N–H and O–H groups in total. The standard InChI is InChI=1S/C20H20N4O3S/c25-24(26)16-2-3-17-19(12-16)28-20(21-17)23-8-6-22(7-9-23)13-14-1-4-18-15(11-14)5-10-27-18/h1-4,11-12H,5-10,13H2. The van der Waals surface area contributed by atoms with E-state index in [0.29, 0.717) is 0 Å². The SMILES string of the molecule is O=[N+]([O-])c1ccc2nc(N3CCN(Cc4ccc5c(c4)CCO5)CC3)sc2c1. The van der Waals surface area contributed by atoms with Crippen molar-refractivity contribution >= 4 is 32.4 Å². The molecule has 5 rings (SSSR count). The number of hydrogen-bond acceptors (Lipinski definition) is 7. The maximum atomic E-state index is 11.0. The van der Waals surface area contributed by atoms with E-state index >= 15 is 0 Å². The summed E-state index contributed by atoms with van der Waals surface area (Å²) in [4.78, 5) is 20.0. The van der Waals surface area contributed by atoms with Crippen LogP contribution in [0.1, 0.15) is 11.1 Å². The Balaban J connectivity index is 1.24. The molecule has 0 radical (unpaired) electrons. The first kappa shape index (κ1) is 17.4.